The Balaban J connectivity index is 2.31. The summed E-state index contributed by atoms with van der Waals surface area (Å²) >= 11 is 0. The van der Waals surface area contributed by atoms with Gasteiger partial charge in [-0.2, -0.15) is 0 Å². The maximum Gasteiger partial charge on any atom is 0.264 e. The standard InChI is InChI=1S/C19H24N2O3S/c1-5-12-20-19(22)16-8-11-18(15(3)13-16)21(4)25(23,24)17-9-6-14(2)7-10-17/h6-11,13H,5,12H2,1-4H3,(H,20,22). The lowest BCUT2D eigenvalue weighted by atomic mass is 10.1. The van der Waals surface area contributed by atoms with Crippen molar-refractivity contribution in [3.8, 4) is 0 Å². The fourth-order valence-corrected chi connectivity index (χ4v) is 3.75. The van der Waals surface area contributed by atoms with Crippen LogP contribution in [-0.2, 0) is 10.0 Å². The van der Waals surface area contributed by atoms with Gasteiger partial charge in [0.15, 0.2) is 0 Å². The van der Waals surface area contributed by atoms with Gasteiger partial charge in [0.05, 0.1) is 10.6 Å². The molecule has 5 nitrogen and oxygen atoms in total. The number of amides is 1. The van der Waals surface area contributed by atoms with Crippen LogP contribution in [0.1, 0.15) is 34.8 Å². The van der Waals surface area contributed by atoms with Crippen molar-refractivity contribution in [2.75, 3.05) is 17.9 Å². The van der Waals surface area contributed by atoms with E-state index in [9.17, 15) is 13.2 Å². The van der Waals surface area contributed by atoms with Gasteiger partial charge in [-0.3, -0.25) is 9.10 Å². The molecule has 0 saturated heterocycles. The predicted molar refractivity (Wildman–Crippen MR) is 101 cm³/mol. The Kier molecular flexibility index (Phi) is 5.85. The van der Waals surface area contributed by atoms with Gasteiger partial charge in [-0.1, -0.05) is 24.6 Å². The number of rotatable bonds is 6. The first-order valence-corrected chi connectivity index (χ1v) is 9.66. The van der Waals surface area contributed by atoms with E-state index in [1.54, 1.807) is 49.4 Å². The first-order chi connectivity index (χ1) is 11.8. The fraction of sp³-hybridized carbons (Fsp3) is 0.316. The molecule has 0 aliphatic rings. The van der Waals surface area contributed by atoms with Crippen LogP contribution in [0.25, 0.3) is 0 Å². The van der Waals surface area contributed by atoms with Gasteiger partial charge >= 0.3 is 0 Å². The molecule has 1 amide bonds. The van der Waals surface area contributed by atoms with Gasteiger partial charge in [0.25, 0.3) is 15.9 Å². The minimum atomic E-state index is -3.65. The Labute approximate surface area is 149 Å². The third-order valence-corrected chi connectivity index (χ3v) is 5.80. The quantitative estimate of drug-likeness (QED) is 0.860. The highest BCUT2D eigenvalue weighted by atomic mass is 32.2. The summed E-state index contributed by atoms with van der Waals surface area (Å²) in [4.78, 5) is 12.3. The Morgan fingerprint density at radius 1 is 1.08 bits per heavy atom. The highest BCUT2D eigenvalue weighted by Gasteiger charge is 2.22. The van der Waals surface area contributed by atoms with E-state index in [0.717, 1.165) is 17.5 Å². The Hall–Kier alpha value is -2.34. The first-order valence-electron chi connectivity index (χ1n) is 8.22. The average Bonchev–Trinajstić information content (AvgIpc) is 2.59. The minimum Gasteiger partial charge on any atom is -0.352 e. The van der Waals surface area contributed by atoms with Crippen molar-refractivity contribution in [1.82, 2.24) is 5.32 Å². The van der Waals surface area contributed by atoms with Gasteiger partial charge in [-0.05, 0) is 56.2 Å². The largest absolute Gasteiger partial charge is 0.352 e. The van der Waals surface area contributed by atoms with E-state index in [2.05, 4.69) is 5.32 Å². The van der Waals surface area contributed by atoms with Crippen molar-refractivity contribution in [1.29, 1.82) is 0 Å². The normalized spacial score (nSPS) is 11.2. The zero-order valence-electron chi connectivity index (χ0n) is 15.0. The number of benzene rings is 2. The van der Waals surface area contributed by atoms with E-state index in [-0.39, 0.29) is 10.8 Å². The molecule has 0 heterocycles. The zero-order chi connectivity index (χ0) is 18.6. The minimum absolute atomic E-state index is 0.152. The molecule has 2 aromatic carbocycles. The maximum atomic E-state index is 12.8. The van der Waals surface area contributed by atoms with E-state index in [0.29, 0.717) is 17.8 Å². The summed E-state index contributed by atoms with van der Waals surface area (Å²) in [5.41, 5.74) is 2.80. The molecular formula is C19H24N2O3S. The van der Waals surface area contributed by atoms with Crippen molar-refractivity contribution in [2.45, 2.75) is 32.1 Å². The summed E-state index contributed by atoms with van der Waals surface area (Å²) in [6, 6.07) is 11.8. The van der Waals surface area contributed by atoms with Crippen LogP contribution in [0.15, 0.2) is 47.4 Å². The van der Waals surface area contributed by atoms with Crippen LogP contribution < -0.4 is 9.62 Å². The number of aryl methyl sites for hydroxylation is 2. The van der Waals surface area contributed by atoms with Crippen molar-refractivity contribution in [2.24, 2.45) is 0 Å². The van der Waals surface area contributed by atoms with Gasteiger partial charge in [0.1, 0.15) is 0 Å². The summed E-state index contributed by atoms with van der Waals surface area (Å²) in [7, 11) is -2.12. The van der Waals surface area contributed by atoms with E-state index in [1.165, 1.54) is 11.4 Å². The number of hydrogen-bond acceptors (Lipinski definition) is 3. The Bertz CT molecular complexity index is 859. The fourth-order valence-electron chi connectivity index (χ4n) is 2.49. The van der Waals surface area contributed by atoms with Crippen LogP contribution in [0, 0.1) is 13.8 Å². The summed E-state index contributed by atoms with van der Waals surface area (Å²) in [5.74, 6) is -0.152. The molecule has 0 radical (unpaired) electrons. The Morgan fingerprint density at radius 2 is 1.72 bits per heavy atom. The van der Waals surface area contributed by atoms with Crippen LogP contribution in [-0.4, -0.2) is 27.9 Å². The van der Waals surface area contributed by atoms with E-state index < -0.39 is 10.0 Å². The predicted octanol–water partition coefficient (Wildman–Crippen LogP) is 3.27. The smallest absolute Gasteiger partial charge is 0.264 e. The number of hydrogen-bond donors (Lipinski definition) is 1. The van der Waals surface area contributed by atoms with Gasteiger partial charge in [0, 0.05) is 19.2 Å². The lowest BCUT2D eigenvalue weighted by Gasteiger charge is -2.22. The Morgan fingerprint density at radius 3 is 2.28 bits per heavy atom. The molecule has 6 heteroatoms. The second kappa shape index (κ2) is 7.70. The molecule has 2 rings (SSSR count). The number of anilines is 1. The lowest BCUT2D eigenvalue weighted by molar-refractivity contribution is 0.0953. The molecule has 0 bridgehead atoms. The van der Waals surface area contributed by atoms with Gasteiger partial charge in [-0.15, -0.1) is 0 Å². The van der Waals surface area contributed by atoms with Crippen LogP contribution in [0.4, 0.5) is 5.69 Å². The van der Waals surface area contributed by atoms with Crippen molar-refractivity contribution in [3.63, 3.8) is 0 Å². The summed E-state index contributed by atoms with van der Waals surface area (Å²) in [6.07, 6.45) is 0.861. The molecular weight excluding hydrogens is 336 g/mol. The van der Waals surface area contributed by atoms with Crippen LogP contribution in [0.2, 0.25) is 0 Å². The maximum absolute atomic E-state index is 12.8. The third kappa shape index (κ3) is 4.20. The molecule has 25 heavy (non-hydrogen) atoms. The number of carbonyl (C=O) groups is 1. The van der Waals surface area contributed by atoms with Crippen molar-refractivity contribution < 1.29 is 13.2 Å². The average molecular weight is 360 g/mol. The van der Waals surface area contributed by atoms with E-state index in [4.69, 9.17) is 0 Å². The lowest BCUT2D eigenvalue weighted by Crippen LogP contribution is -2.28. The van der Waals surface area contributed by atoms with Crippen molar-refractivity contribution in [3.05, 3.63) is 59.2 Å². The van der Waals surface area contributed by atoms with Crippen molar-refractivity contribution >= 4 is 21.6 Å². The zero-order valence-corrected chi connectivity index (χ0v) is 15.9. The second-order valence-corrected chi connectivity index (χ2v) is 8.01. The van der Waals surface area contributed by atoms with Crippen LogP contribution >= 0.6 is 0 Å². The second-order valence-electron chi connectivity index (χ2n) is 6.04. The molecule has 0 spiro atoms. The number of nitrogens with one attached hydrogen (secondary N) is 1. The molecule has 0 aromatic heterocycles. The topological polar surface area (TPSA) is 66.5 Å². The number of carbonyl (C=O) groups excluding carboxylic acids is 1. The van der Waals surface area contributed by atoms with Crippen LogP contribution in [0.5, 0.6) is 0 Å². The summed E-state index contributed by atoms with van der Waals surface area (Å²) < 4.78 is 26.9. The molecule has 134 valence electrons. The third-order valence-electron chi connectivity index (χ3n) is 4.01. The summed E-state index contributed by atoms with van der Waals surface area (Å²) in [6.45, 7) is 6.31. The molecule has 0 fully saturated rings. The van der Waals surface area contributed by atoms with Crippen LogP contribution in [0.3, 0.4) is 0 Å². The monoisotopic (exact) mass is 360 g/mol. The highest BCUT2D eigenvalue weighted by molar-refractivity contribution is 7.92. The number of sulfonamides is 1. The molecule has 2 aromatic rings. The van der Waals surface area contributed by atoms with Gasteiger partial charge < -0.3 is 5.32 Å². The molecule has 0 unspecified atom stereocenters. The highest BCUT2D eigenvalue weighted by Crippen LogP contribution is 2.26. The SMILES string of the molecule is CCCNC(=O)c1ccc(N(C)S(=O)(=O)c2ccc(C)cc2)c(C)c1. The van der Waals surface area contributed by atoms with Gasteiger partial charge in [0.2, 0.25) is 0 Å². The van der Waals surface area contributed by atoms with E-state index >= 15 is 0 Å². The molecule has 0 aliphatic carbocycles. The van der Waals surface area contributed by atoms with Gasteiger partial charge in [-0.25, -0.2) is 8.42 Å². The summed E-state index contributed by atoms with van der Waals surface area (Å²) in [5, 5.41) is 2.82. The first kappa shape index (κ1) is 19.0. The van der Waals surface area contributed by atoms with E-state index in [1.807, 2.05) is 13.8 Å². The number of nitrogens with zero attached hydrogens (tertiary/aromatic N) is 1. The molecule has 1 N–H and O–H groups in total. The molecule has 0 aliphatic heterocycles. The molecule has 0 saturated carbocycles. The molecule has 0 atom stereocenters.